The first-order valence-corrected chi connectivity index (χ1v) is 10.0. The van der Waals surface area contributed by atoms with Crippen molar-refractivity contribution < 1.29 is 4.79 Å². The number of benzene rings is 2. The van der Waals surface area contributed by atoms with Gasteiger partial charge in [0.1, 0.15) is 0 Å². The third-order valence-corrected chi connectivity index (χ3v) is 5.10. The number of carbonyl (C=O) groups is 1. The number of thioether (sulfide) groups is 1. The molecule has 0 bridgehead atoms. The normalized spacial score (nSPS) is 10.2. The molecule has 0 aliphatic carbocycles. The van der Waals surface area contributed by atoms with Gasteiger partial charge in [-0.2, -0.15) is 0 Å². The van der Waals surface area contributed by atoms with Crippen LogP contribution in [0.25, 0.3) is 0 Å². The number of nitrogens with zero attached hydrogens (tertiary/aromatic N) is 1. The lowest BCUT2D eigenvalue weighted by atomic mass is 10.3. The smallest absolute Gasteiger partial charge is 0.236 e. The molecule has 0 saturated carbocycles. The molecule has 132 valence electrons. The molecule has 0 saturated heterocycles. The summed E-state index contributed by atoms with van der Waals surface area (Å²) in [5.74, 6) is 0.265. The highest BCUT2D eigenvalue weighted by atomic mass is 32.2. The van der Waals surface area contributed by atoms with E-state index in [0.717, 1.165) is 16.3 Å². The molecule has 5 nitrogen and oxygen atoms in total. The first-order valence-electron chi connectivity index (χ1n) is 7.74. The molecular formula is C18H16N4OS3. The van der Waals surface area contributed by atoms with Crippen LogP contribution in [0.5, 0.6) is 0 Å². The Kier molecular flexibility index (Phi) is 6.59. The quantitative estimate of drug-likeness (QED) is 0.412. The number of nitrogens with one attached hydrogen (secondary N) is 3. The van der Waals surface area contributed by atoms with Crippen LogP contribution in [0.3, 0.4) is 0 Å². The number of anilines is 3. The van der Waals surface area contributed by atoms with Crippen molar-refractivity contribution in [2.24, 2.45) is 0 Å². The van der Waals surface area contributed by atoms with Crippen molar-refractivity contribution in [1.82, 2.24) is 4.98 Å². The summed E-state index contributed by atoms with van der Waals surface area (Å²) in [5.41, 5.74) is 1.82. The minimum atomic E-state index is -0.0691. The minimum absolute atomic E-state index is 0.0691. The van der Waals surface area contributed by atoms with E-state index in [-0.39, 0.29) is 5.91 Å². The van der Waals surface area contributed by atoms with Crippen LogP contribution >= 0.6 is 35.3 Å². The monoisotopic (exact) mass is 400 g/mol. The van der Waals surface area contributed by atoms with Crippen LogP contribution in [0.15, 0.2) is 71.1 Å². The van der Waals surface area contributed by atoms with Gasteiger partial charge in [-0.05, 0) is 48.6 Å². The van der Waals surface area contributed by atoms with Crippen LogP contribution in [-0.2, 0) is 4.79 Å². The summed E-state index contributed by atoms with van der Waals surface area (Å²) in [6.45, 7) is 0. The first-order chi connectivity index (χ1) is 12.7. The number of para-hydroxylation sites is 1. The maximum Gasteiger partial charge on any atom is 0.236 e. The summed E-state index contributed by atoms with van der Waals surface area (Å²) < 4.78 is 0. The molecule has 0 radical (unpaired) electrons. The second kappa shape index (κ2) is 9.33. The zero-order chi connectivity index (χ0) is 18.2. The summed E-state index contributed by atoms with van der Waals surface area (Å²) in [5, 5.41) is 12.0. The Morgan fingerprint density at radius 2 is 1.69 bits per heavy atom. The number of hydrogen-bond donors (Lipinski definition) is 3. The maximum atomic E-state index is 11.9. The molecule has 1 amide bonds. The molecule has 0 atom stereocenters. The average molecular weight is 401 g/mol. The van der Waals surface area contributed by atoms with Crippen LogP contribution in [0.1, 0.15) is 0 Å². The molecule has 8 heteroatoms. The SMILES string of the molecule is O=C(CSc1ccc(NC(=S)Nc2ccccc2)cc1)Nc1nccs1. The summed E-state index contributed by atoms with van der Waals surface area (Å²) in [4.78, 5) is 16.9. The van der Waals surface area contributed by atoms with Gasteiger partial charge in [-0.3, -0.25) is 4.79 Å². The Morgan fingerprint density at radius 3 is 2.35 bits per heavy atom. The predicted octanol–water partition coefficient (Wildman–Crippen LogP) is 4.68. The fraction of sp³-hybridized carbons (Fsp3) is 0.0556. The molecule has 26 heavy (non-hydrogen) atoms. The Labute approximate surface area is 165 Å². The fourth-order valence-electron chi connectivity index (χ4n) is 2.04. The third-order valence-electron chi connectivity index (χ3n) is 3.19. The van der Waals surface area contributed by atoms with Crippen molar-refractivity contribution >= 4 is 62.8 Å². The molecule has 0 aliphatic rings. The molecule has 3 aromatic rings. The van der Waals surface area contributed by atoms with E-state index in [2.05, 4.69) is 20.9 Å². The van der Waals surface area contributed by atoms with Gasteiger partial charge >= 0.3 is 0 Å². The van der Waals surface area contributed by atoms with E-state index < -0.39 is 0 Å². The average Bonchev–Trinajstić information content (AvgIpc) is 3.15. The van der Waals surface area contributed by atoms with Gasteiger partial charge in [0, 0.05) is 27.8 Å². The second-order valence-corrected chi connectivity index (χ2v) is 7.50. The summed E-state index contributed by atoms with van der Waals surface area (Å²) in [6, 6.07) is 17.5. The molecule has 3 rings (SSSR count). The zero-order valence-corrected chi connectivity index (χ0v) is 16.1. The molecule has 2 aromatic carbocycles. The van der Waals surface area contributed by atoms with Gasteiger partial charge in [0.05, 0.1) is 5.75 Å². The van der Waals surface area contributed by atoms with Crippen molar-refractivity contribution in [3.63, 3.8) is 0 Å². The van der Waals surface area contributed by atoms with E-state index in [1.54, 1.807) is 6.20 Å². The molecule has 0 unspecified atom stereocenters. The number of thiazole rings is 1. The number of thiocarbonyl (C=S) groups is 1. The van der Waals surface area contributed by atoms with E-state index in [1.165, 1.54) is 23.1 Å². The van der Waals surface area contributed by atoms with E-state index >= 15 is 0 Å². The molecule has 0 aliphatic heterocycles. The number of hydrogen-bond acceptors (Lipinski definition) is 5. The van der Waals surface area contributed by atoms with Gasteiger partial charge in [-0.25, -0.2) is 4.98 Å². The van der Waals surface area contributed by atoms with Crippen molar-refractivity contribution in [2.75, 3.05) is 21.7 Å². The lowest BCUT2D eigenvalue weighted by Gasteiger charge is -2.11. The standard InChI is InChI=1S/C18H16N4OS3/c23-16(22-18-19-10-11-25-18)12-26-15-8-6-14(7-9-15)21-17(24)20-13-4-2-1-3-5-13/h1-11H,12H2,(H,19,22,23)(H2,20,21,24). The topological polar surface area (TPSA) is 66.1 Å². The predicted molar refractivity (Wildman–Crippen MR) is 114 cm³/mol. The maximum absolute atomic E-state index is 11.9. The Balaban J connectivity index is 1.45. The fourth-order valence-corrected chi connectivity index (χ4v) is 3.52. The second-order valence-electron chi connectivity index (χ2n) is 5.14. The highest BCUT2D eigenvalue weighted by Crippen LogP contribution is 2.21. The third kappa shape index (κ3) is 5.83. The van der Waals surface area contributed by atoms with Crippen LogP contribution in [0.4, 0.5) is 16.5 Å². The largest absolute Gasteiger partial charge is 0.332 e. The number of amides is 1. The Bertz CT molecular complexity index is 852. The molecule has 3 N–H and O–H groups in total. The highest BCUT2D eigenvalue weighted by Gasteiger charge is 2.05. The lowest BCUT2D eigenvalue weighted by Crippen LogP contribution is -2.18. The van der Waals surface area contributed by atoms with Gasteiger partial charge < -0.3 is 16.0 Å². The van der Waals surface area contributed by atoms with E-state index in [1.807, 2.05) is 60.0 Å². The van der Waals surface area contributed by atoms with Crippen molar-refractivity contribution in [2.45, 2.75) is 4.90 Å². The zero-order valence-electron chi connectivity index (χ0n) is 13.6. The summed E-state index contributed by atoms with van der Waals surface area (Å²) in [7, 11) is 0. The van der Waals surface area contributed by atoms with Crippen LogP contribution in [-0.4, -0.2) is 21.8 Å². The number of rotatable bonds is 6. The van der Waals surface area contributed by atoms with Crippen molar-refractivity contribution in [1.29, 1.82) is 0 Å². The highest BCUT2D eigenvalue weighted by molar-refractivity contribution is 8.00. The van der Waals surface area contributed by atoms with Crippen molar-refractivity contribution in [3.05, 3.63) is 66.2 Å². The van der Waals surface area contributed by atoms with Crippen molar-refractivity contribution in [3.8, 4) is 0 Å². The van der Waals surface area contributed by atoms with Gasteiger partial charge in [0.15, 0.2) is 10.2 Å². The van der Waals surface area contributed by atoms with E-state index in [4.69, 9.17) is 12.2 Å². The van der Waals surface area contributed by atoms with Gasteiger partial charge in [-0.1, -0.05) is 18.2 Å². The van der Waals surface area contributed by atoms with Crippen LogP contribution in [0, 0.1) is 0 Å². The first kappa shape index (κ1) is 18.4. The minimum Gasteiger partial charge on any atom is -0.332 e. The molecule has 1 aromatic heterocycles. The molecular weight excluding hydrogens is 384 g/mol. The van der Waals surface area contributed by atoms with Crippen LogP contribution in [0.2, 0.25) is 0 Å². The number of aromatic nitrogens is 1. The van der Waals surface area contributed by atoms with E-state index in [9.17, 15) is 4.79 Å². The summed E-state index contributed by atoms with van der Waals surface area (Å²) >= 11 is 8.18. The van der Waals surface area contributed by atoms with Gasteiger partial charge in [0.25, 0.3) is 0 Å². The van der Waals surface area contributed by atoms with Gasteiger partial charge in [-0.15, -0.1) is 23.1 Å². The Morgan fingerprint density at radius 1 is 1.00 bits per heavy atom. The molecule has 0 fully saturated rings. The van der Waals surface area contributed by atoms with Crippen LogP contribution < -0.4 is 16.0 Å². The molecule has 1 heterocycles. The van der Waals surface area contributed by atoms with E-state index in [0.29, 0.717) is 16.0 Å². The molecule has 0 spiro atoms. The Hall–Kier alpha value is -2.42. The lowest BCUT2D eigenvalue weighted by molar-refractivity contribution is -0.113. The number of carbonyl (C=O) groups excluding carboxylic acids is 1. The summed E-state index contributed by atoms with van der Waals surface area (Å²) in [6.07, 6.45) is 1.66. The van der Waals surface area contributed by atoms with Gasteiger partial charge in [0.2, 0.25) is 5.91 Å².